The Kier molecular flexibility index (Phi) is 14.2. The molecule has 0 saturated heterocycles. The van der Waals surface area contributed by atoms with Crippen molar-refractivity contribution < 1.29 is 78.6 Å². The van der Waals surface area contributed by atoms with Gasteiger partial charge in [0.05, 0.1) is 0 Å². The summed E-state index contributed by atoms with van der Waals surface area (Å²) in [6, 6.07) is 62.1. The molecule has 0 spiro atoms. The molecule has 0 atom stereocenters. The van der Waals surface area contributed by atoms with E-state index in [1.807, 2.05) is 46.1 Å². The summed E-state index contributed by atoms with van der Waals surface area (Å²) in [7, 11) is 6.79. The number of rotatable bonds is 12. The summed E-state index contributed by atoms with van der Waals surface area (Å²) in [5.41, 5.74) is 10.7. The number of aryl methyl sites for hydroxylation is 25. The number of hydrogen-bond donors (Lipinski definition) is 0. The summed E-state index contributed by atoms with van der Waals surface area (Å²) in [5.74, 6) is 0. The summed E-state index contributed by atoms with van der Waals surface area (Å²) < 4.78 is 368. The smallest absolute Gasteiger partial charge is 0.201 e. The molecule has 15 aromatic rings. The van der Waals surface area contributed by atoms with Crippen molar-refractivity contribution in [3.63, 3.8) is 0 Å². The summed E-state index contributed by atoms with van der Waals surface area (Å²) in [5, 5.41) is 0. The number of nitrogens with zero attached hydrogens (tertiary/aromatic N) is 4. The normalized spacial score (nSPS) is 18.2. The summed E-state index contributed by atoms with van der Waals surface area (Å²) in [6.45, 7) is -19.0. The number of pyridine rings is 4. The van der Waals surface area contributed by atoms with E-state index in [2.05, 4.69) is 60.9 Å². The monoisotopic (exact) mass is 1620 g/mol. The molecular formula is C116H128N4+4. The van der Waals surface area contributed by atoms with Crippen molar-refractivity contribution in [3.8, 4) is 123 Å². The maximum absolute atomic E-state index is 8.66. The lowest BCUT2D eigenvalue weighted by Gasteiger charge is -2.18. The molecule has 0 radical (unpaired) electrons. The molecule has 0 aliphatic carbocycles. The minimum atomic E-state index is -2.81. The predicted octanol–water partition coefficient (Wildman–Crippen LogP) is 28.4. The van der Waals surface area contributed by atoms with E-state index < -0.39 is 108 Å². The topological polar surface area (TPSA) is 15.5 Å². The van der Waals surface area contributed by atoms with Crippen LogP contribution in [0.25, 0.3) is 123 Å². The fourth-order valence-corrected chi connectivity index (χ4v) is 15.1. The Morgan fingerprint density at radius 1 is 0.233 bits per heavy atom. The quantitative estimate of drug-likeness (QED) is 0.108. The van der Waals surface area contributed by atoms with Crippen LogP contribution in [0.3, 0.4) is 0 Å². The van der Waals surface area contributed by atoms with E-state index in [0.717, 1.165) is 11.3 Å². The van der Waals surface area contributed by atoms with Gasteiger partial charge in [-0.05, 0) is 347 Å². The molecule has 0 saturated carbocycles. The fraction of sp³-hybridized carbons (Fsp3) is 0.259. The second-order valence-electron chi connectivity index (χ2n) is 31.8. The van der Waals surface area contributed by atoms with Gasteiger partial charge in [-0.1, -0.05) is 213 Å². The molecule has 0 aliphatic heterocycles. The van der Waals surface area contributed by atoms with Crippen LogP contribution in [-0.2, 0) is 34.6 Å². The van der Waals surface area contributed by atoms with Crippen molar-refractivity contribution in [3.05, 3.63) is 378 Å². The van der Waals surface area contributed by atoms with E-state index in [1.165, 1.54) is 159 Å². The van der Waals surface area contributed by atoms with E-state index in [9.17, 15) is 0 Å². The first kappa shape index (κ1) is 46.6. The van der Waals surface area contributed by atoms with Crippen molar-refractivity contribution in [2.45, 2.75) is 172 Å². The van der Waals surface area contributed by atoms with Gasteiger partial charge in [-0.3, -0.25) is 0 Å². The van der Waals surface area contributed by atoms with Gasteiger partial charge in [0.15, 0.2) is 24.8 Å². The first-order chi connectivity index (χ1) is 74.7. The third-order valence-corrected chi connectivity index (χ3v) is 21.3. The second-order valence-corrected chi connectivity index (χ2v) is 31.8. The van der Waals surface area contributed by atoms with Crippen LogP contribution in [0.2, 0.25) is 0 Å². The van der Waals surface area contributed by atoms with Crippen LogP contribution in [0.5, 0.6) is 0 Å². The van der Waals surface area contributed by atoms with Crippen LogP contribution in [0, 0.1) is 150 Å². The highest BCUT2D eigenvalue weighted by Crippen LogP contribution is 2.42. The Labute approximate surface area is 782 Å². The van der Waals surface area contributed by atoms with Gasteiger partial charge in [-0.25, -0.2) is 18.3 Å². The zero-order valence-corrected chi connectivity index (χ0v) is 70.0. The molecule has 0 fully saturated rings. The minimum Gasteiger partial charge on any atom is -0.201 e. The highest BCUT2D eigenvalue weighted by molar-refractivity contribution is 5.85. The van der Waals surface area contributed by atoms with Gasteiger partial charge in [0.2, 0.25) is 22.8 Å². The molecule has 15 rings (SSSR count). The van der Waals surface area contributed by atoms with Crippen LogP contribution in [0.1, 0.15) is 203 Å². The Hall–Kier alpha value is -12.0. The van der Waals surface area contributed by atoms with Crippen molar-refractivity contribution >= 4 is 0 Å². The molecule has 0 bridgehead atoms. The van der Waals surface area contributed by atoms with E-state index in [4.69, 9.17) is 60.3 Å². The number of hydrogen-bond acceptors (Lipinski definition) is 0. The van der Waals surface area contributed by atoms with E-state index in [-0.39, 0.29) is 145 Å². The average molecular weight is 1620 g/mol. The fourth-order valence-electron chi connectivity index (χ4n) is 15.1. The number of aromatic nitrogens is 4. The third-order valence-electron chi connectivity index (χ3n) is 21.3. The van der Waals surface area contributed by atoms with Gasteiger partial charge in [0.1, 0.15) is 28.2 Å². The molecule has 0 aliphatic rings. The van der Waals surface area contributed by atoms with Crippen molar-refractivity contribution in [2.75, 3.05) is 0 Å². The van der Waals surface area contributed by atoms with Crippen LogP contribution in [0.4, 0.5) is 0 Å². The summed E-state index contributed by atoms with van der Waals surface area (Å²) in [4.78, 5) is 0. The Morgan fingerprint density at radius 3 is 1.01 bits per heavy atom. The zero-order valence-electron chi connectivity index (χ0n) is 114. The zero-order chi connectivity index (χ0) is 123. The molecule has 4 heteroatoms. The maximum atomic E-state index is 8.66. The van der Waals surface area contributed by atoms with E-state index >= 15 is 0 Å². The molecule has 4 nitrogen and oxygen atoms in total. The van der Waals surface area contributed by atoms with Gasteiger partial charge in [-0.15, -0.1) is 0 Å². The molecule has 120 heavy (non-hydrogen) atoms. The van der Waals surface area contributed by atoms with Crippen LogP contribution < -0.4 is 18.3 Å². The lowest BCUT2D eigenvalue weighted by molar-refractivity contribution is -0.660. The van der Waals surface area contributed by atoms with E-state index in [0.29, 0.717) is 67.2 Å². The third kappa shape index (κ3) is 19.5. The number of benzene rings is 11. The molecule has 4 heterocycles. The van der Waals surface area contributed by atoms with Crippen LogP contribution in [-0.4, -0.2) is 0 Å². The second kappa shape index (κ2) is 36.7. The molecule has 0 amide bonds. The first-order valence-electron chi connectivity index (χ1n) is 61.2. The van der Waals surface area contributed by atoms with Gasteiger partial charge < -0.3 is 0 Å². The van der Waals surface area contributed by atoms with E-state index in [1.54, 1.807) is 127 Å². The largest absolute Gasteiger partial charge is 0.213 e. The van der Waals surface area contributed by atoms with Crippen LogP contribution in [0.15, 0.2) is 255 Å². The predicted molar refractivity (Wildman–Crippen MR) is 513 cm³/mol. The van der Waals surface area contributed by atoms with Crippen molar-refractivity contribution in [1.82, 2.24) is 0 Å². The lowest BCUT2D eigenvalue weighted by atomic mass is 9.87. The lowest BCUT2D eigenvalue weighted by Crippen LogP contribution is -2.31. The summed E-state index contributed by atoms with van der Waals surface area (Å²) in [6.07, 6.45) is 4.56. The van der Waals surface area contributed by atoms with Gasteiger partial charge in [0.25, 0.3) is 0 Å². The molecule has 0 N–H and O–H groups in total. The van der Waals surface area contributed by atoms with Crippen LogP contribution >= 0.6 is 0 Å². The molecular weight excluding hydrogens is 1450 g/mol. The highest BCUT2D eigenvalue weighted by atomic mass is 14.9. The SMILES string of the molecule is [2H]C([2H])([2H])c1ccccc1-c1cc(-c2cc(-c3c(C([2H])([2H])[2H])cc(C)cc3C([2H])([2H])[2H])c(C([2H])([2H])[2H])c[n+]2C)c(C)cc1C([2H])([2H])[2H].[2H]C([2H])([2H])c1ccccc1-c1cc(-c2cc(-c3c(C([2H])([2H])[2H])cccc3C([2H])([2H])[2H])c(C([2H])([2H])[2H])c[n+]2C)c(C)cc1C([2H])([2H])[2H].[2H]C([2H])([2H])c1ccccc1-c1cc(-c2cc(-c3ccc(C)cc3C([2H])([2H])[2H])c(C([2H])([2H])[2H])c[n+]2C)c(C)cc1C([2H])([2H])[2H].[2H]C([2H])(c1cc[n+](C)c(-c2cc(-c3ccc(C)cc3)ccc2C)c1)C(C)(C)C. The first-order valence-corrected chi connectivity index (χ1v) is 39.2. The van der Waals surface area contributed by atoms with Crippen molar-refractivity contribution in [2.24, 2.45) is 33.6 Å². The maximum Gasteiger partial charge on any atom is 0.213 e. The average Bonchev–Trinajstić information content (AvgIpc) is 0.733. The minimum absolute atomic E-state index is 0.0000846. The van der Waals surface area contributed by atoms with Gasteiger partial charge in [-0.2, -0.15) is 0 Å². The Morgan fingerprint density at radius 2 is 0.575 bits per heavy atom. The Bertz CT molecular complexity index is 8130. The summed E-state index contributed by atoms with van der Waals surface area (Å²) >= 11 is 0. The molecule has 0 unspecified atom stereocenters. The Balaban J connectivity index is 0.000000194. The molecule has 4 aromatic heterocycles. The molecule has 608 valence electrons. The molecule has 11 aromatic carbocycles. The van der Waals surface area contributed by atoms with Crippen molar-refractivity contribution in [1.29, 1.82) is 0 Å². The highest BCUT2D eigenvalue weighted by Gasteiger charge is 2.26. The standard InChI is InChI=1S/C31H34N.2C30H32N.C25H30N/c1-19-13-23(5)31(24(6)14-19)29-17-30(32(8)18-25(29)7)28-16-27(21(3)15-22(28)4)26-12-10-9-11-20(26)2;1-19-11-8-9-14-25(19)26-16-27(23(5)15-22(26)4)29-17-28(24(6)18-31(29)7)30-20(2)12-10-13-21(30)3;1-19-12-13-26(21(3)14-19)28-17-30(31(7)18-24(28)6)29-16-27(22(4)15-23(29)5)25-11-9-8-10-20(25)2;1-18-7-10-21(11-8-18)22-12-9-19(2)23(16-22)24-15-20(13-14-26(24)6)17-25(3,4)5/h9-18H,1-8H3;2*8-18H,1-7H3;7-16H,17H2,1-6H3/q4*+1/i2D3,3D3,5D3,6D3,7D3;1D3,2D3,3D3,4D3,6D3;2D3,3D3,4D3,6D3;17D2. The van der Waals surface area contributed by atoms with Gasteiger partial charge >= 0.3 is 0 Å². The van der Waals surface area contributed by atoms with Gasteiger partial charge in [0, 0.05) is 130 Å².